The van der Waals surface area contributed by atoms with Gasteiger partial charge in [-0.15, -0.1) is 11.3 Å². The van der Waals surface area contributed by atoms with Crippen LogP contribution in [-0.2, 0) is 4.79 Å². The monoisotopic (exact) mass is 438 g/mol. The molecule has 0 fully saturated rings. The second-order valence-corrected chi connectivity index (χ2v) is 7.48. The molecule has 8 nitrogen and oxygen atoms in total. The van der Waals surface area contributed by atoms with E-state index >= 15 is 0 Å². The number of carbonyl (C=O) groups is 3. The topological polar surface area (TPSA) is 137 Å². The molecule has 0 saturated heterocycles. The Balaban J connectivity index is 1.79. The number of benzene rings is 2. The molecule has 3 aromatic rings. The molecule has 1 aromatic heterocycles. The first-order chi connectivity index (χ1) is 14.9. The third-order valence-electron chi connectivity index (χ3n) is 4.48. The summed E-state index contributed by atoms with van der Waals surface area (Å²) in [5.74, 6) is -0.609. The van der Waals surface area contributed by atoms with Crippen molar-refractivity contribution in [1.82, 2.24) is 0 Å². The lowest BCUT2D eigenvalue weighted by Gasteiger charge is -2.12. The summed E-state index contributed by atoms with van der Waals surface area (Å²) >= 11 is 1.23. The van der Waals surface area contributed by atoms with Gasteiger partial charge in [-0.3, -0.25) is 14.4 Å². The Hall–Kier alpha value is -3.69. The van der Waals surface area contributed by atoms with Gasteiger partial charge in [0.1, 0.15) is 10.8 Å². The minimum absolute atomic E-state index is 0.200. The molecule has 0 spiro atoms. The highest BCUT2D eigenvalue weighted by atomic mass is 32.1. The lowest BCUT2D eigenvalue weighted by atomic mass is 10.0. The lowest BCUT2D eigenvalue weighted by Crippen LogP contribution is -2.16. The molecule has 31 heavy (non-hydrogen) atoms. The van der Waals surface area contributed by atoms with E-state index in [-0.39, 0.29) is 30.3 Å². The van der Waals surface area contributed by atoms with Crippen molar-refractivity contribution in [2.45, 2.75) is 6.42 Å². The molecule has 3 amide bonds. The predicted octanol–water partition coefficient (Wildman–Crippen LogP) is 3.06. The molecule has 160 valence electrons. The van der Waals surface area contributed by atoms with Crippen molar-refractivity contribution < 1.29 is 19.1 Å². The Labute approximate surface area is 183 Å². The first kappa shape index (κ1) is 22.0. The smallest absolute Gasteiger partial charge is 0.256 e. The third-order valence-corrected chi connectivity index (χ3v) is 5.31. The lowest BCUT2D eigenvalue weighted by molar-refractivity contribution is -0.116. The Bertz CT molecular complexity index is 1110. The summed E-state index contributed by atoms with van der Waals surface area (Å²) in [5, 5.41) is 7.60. The zero-order valence-electron chi connectivity index (χ0n) is 16.8. The van der Waals surface area contributed by atoms with Gasteiger partial charge >= 0.3 is 0 Å². The van der Waals surface area contributed by atoms with Crippen molar-refractivity contribution in [2.24, 2.45) is 11.5 Å². The van der Waals surface area contributed by atoms with Crippen LogP contribution >= 0.6 is 11.3 Å². The van der Waals surface area contributed by atoms with E-state index < -0.39 is 5.91 Å². The van der Waals surface area contributed by atoms with Gasteiger partial charge in [0.2, 0.25) is 5.91 Å². The van der Waals surface area contributed by atoms with Crippen LogP contribution in [0.4, 0.5) is 10.7 Å². The molecule has 0 aliphatic carbocycles. The first-order valence-corrected chi connectivity index (χ1v) is 10.3. The van der Waals surface area contributed by atoms with Gasteiger partial charge in [-0.05, 0) is 46.8 Å². The van der Waals surface area contributed by atoms with Gasteiger partial charge < -0.3 is 26.8 Å². The van der Waals surface area contributed by atoms with Crippen LogP contribution in [0, 0.1) is 0 Å². The largest absolute Gasteiger partial charge is 0.495 e. The second kappa shape index (κ2) is 9.88. The number of anilines is 2. The third kappa shape index (κ3) is 5.27. The second-order valence-electron chi connectivity index (χ2n) is 6.56. The zero-order chi connectivity index (χ0) is 22.4. The Morgan fingerprint density at radius 3 is 2.35 bits per heavy atom. The predicted molar refractivity (Wildman–Crippen MR) is 122 cm³/mol. The molecule has 0 unspecified atom stereocenters. The van der Waals surface area contributed by atoms with Gasteiger partial charge in [-0.25, -0.2) is 0 Å². The Morgan fingerprint density at radius 1 is 1.00 bits per heavy atom. The van der Waals surface area contributed by atoms with Gasteiger partial charge in [-0.2, -0.15) is 0 Å². The van der Waals surface area contributed by atoms with Crippen LogP contribution in [0.3, 0.4) is 0 Å². The summed E-state index contributed by atoms with van der Waals surface area (Å²) in [6, 6.07) is 13.9. The molecule has 3 rings (SSSR count). The van der Waals surface area contributed by atoms with Gasteiger partial charge in [0.25, 0.3) is 11.8 Å². The van der Waals surface area contributed by atoms with Crippen LogP contribution < -0.4 is 26.8 Å². The summed E-state index contributed by atoms with van der Waals surface area (Å²) in [7, 11) is 1.53. The summed E-state index contributed by atoms with van der Waals surface area (Å²) in [5.41, 5.74) is 13.7. The molecule has 0 atom stereocenters. The minimum atomic E-state index is -0.597. The quantitative estimate of drug-likeness (QED) is 0.428. The summed E-state index contributed by atoms with van der Waals surface area (Å²) in [6.45, 7) is 0.254. The number of amides is 3. The molecule has 0 aliphatic heterocycles. The SMILES string of the molecule is COc1ccc(-c2ccc(C(=O)Nc3sccc3C(N)=O)cc2)cc1NC(=O)CCN. The average Bonchev–Trinajstić information content (AvgIpc) is 3.22. The molecule has 1 heterocycles. The fourth-order valence-electron chi connectivity index (χ4n) is 2.92. The number of hydrogen-bond acceptors (Lipinski definition) is 6. The highest BCUT2D eigenvalue weighted by Gasteiger charge is 2.14. The van der Waals surface area contributed by atoms with Crippen LogP contribution in [-0.4, -0.2) is 31.4 Å². The number of ether oxygens (including phenoxy) is 1. The Kier molecular flexibility index (Phi) is 7.01. The van der Waals surface area contributed by atoms with Gasteiger partial charge in [0.15, 0.2) is 0 Å². The van der Waals surface area contributed by atoms with Gasteiger partial charge in [0.05, 0.1) is 18.4 Å². The van der Waals surface area contributed by atoms with Crippen LogP contribution in [0.25, 0.3) is 11.1 Å². The Morgan fingerprint density at radius 2 is 1.71 bits per heavy atom. The number of carbonyl (C=O) groups excluding carboxylic acids is 3. The number of methoxy groups -OCH3 is 1. The highest BCUT2D eigenvalue weighted by Crippen LogP contribution is 2.31. The molecule has 0 aliphatic rings. The highest BCUT2D eigenvalue weighted by molar-refractivity contribution is 7.14. The van der Waals surface area contributed by atoms with E-state index in [1.54, 1.807) is 47.8 Å². The summed E-state index contributed by atoms with van der Waals surface area (Å²) in [4.78, 5) is 35.9. The number of hydrogen-bond donors (Lipinski definition) is 4. The zero-order valence-corrected chi connectivity index (χ0v) is 17.6. The van der Waals surface area contributed by atoms with Crippen molar-refractivity contribution in [2.75, 3.05) is 24.3 Å². The maximum absolute atomic E-state index is 12.5. The molecular formula is C22H22N4O4S. The molecule has 0 radical (unpaired) electrons. The maximum atomic E-state index is 12.5. The number of primary amides is 1. The van der Waals surface area contributed by atoms with Crippen molar-refractivity contribution in [3.8, 4) is 16.9 Å². The van der Waals surface area contributed by atoms with Crippen molar-refractivity contribution in [3.63, 3.8) is 0 Å². The van der Waals surface area contributed by atoms with Gasteiger partial charge in [-0.1, -0.05) is 18.2 Å². The van der Waals surface area contributed by atoms with E-state index in [1.165, 1.54) is 18.4 Å². The molecule has 0 saturated carbocycles. The van der Waals surface area contributed by atoms with Crippen molar-refractivity contribution in [3.05, 3.63) is 65.0 Å². The average molecular weight is 439 g/mol. The van der Waals surface area contributed by atoms with Crippen molar-refractivity contribution in [1.29, 1.82) is 0 Å². The molecule has 2 aromatic carbocycles. The van der Waals surface area contributed by atoms with Gasteiger partial charge in [0, 0.05) is 18.5 Å². The summed E-state index contributed by atoms with van der Waals surface area (Å²) in [6.07, 6.45) is 0.207. The van der Waals surface area contributed by atoms with E-state index in [9.17, 15) is 14.4 Å². The van der Waals surface area contributed by atoms with Crippen LogP contribution in [0.2, 0.25) is 0 Å². The number of nitrogens with one attached hydrogen (secondary N) is 2. The van der Waals surface area contributed by atoms with E-state index in [0.29, 0.717) is 22.0 Å². The molecular weight excluding hydrogens is 416 g/mol. The van der Waals surface area contributed by atoms with Crippen LogP contribution in [0.1, 0.15) is 27.1 Å². The maximum Gasteiger partial charge on any atom is 0.256 e. The van der Waals surface area contributed by atoms with Crippen molar-refractivity contribution >= 4 is 39.7 Å². The normalized spacial score (nSPS) is 10.4. The van der Waals surface area contributed by atoms with E-state index in [0.717, 1.165) is 11.1 Å². The summed E-state index contributed by atoms with van der Waals surface area (Å²) < 4.78 is 5.31. The van der Waals surface area contributed by atoms with E-state index in [4.69, 9.17) is 16.2 Å². The fraction of sp³-hybridized carbons (Fsp3) is 0.136. The van der Waals surface area contributed by atoms with Crippen LogP contribution in [0.15, 0.2) is 53.9 Å². The minimum Gasteiger partial charge on any atom is -0.495 e. The number of nitrogens with two attached hydrogens (primary N) is 2. The van der Waals surface area contributed by atoms with Crippen LogP contribution in [0.5, 0.6) is 5.75 Å². The van der Waals surface area contributed by atoms with E-state index in [2.05, 4.69) is 10.6 Å². The molecule has 0 bridgehead atoms. The number of thiophene rings is 1. The standard InChI is InChI=1S/C22H22N4O4S/c1-30-18-7-6-15(12-17(18)25-19(27)8-10-23)13-2-4-14(5-3-13)21(29)26-22-16(20(24)28)9-11-31-22/h2-7,9,11-12H,8,10,23H2,1H3,(H2,24,28)(H,25,27)(H,26,29). The first-order valence-electron chi connectivity index (χ1n) is 9.40. The molecule has 9 heteroatoms. The number of rotatable bonds is 8. The molecule has 6 N–H and O–H groups in total. The fourth-order valence-corrected chi connectivity index (χ4v) is 3.71. The van der Waals surface area contributed by atoms with E-state index in [1.807, 2.05) is 6.07 Å².